The van der Waals surface area contributed by atoms with Crippen LogP contribution in [0, 0.1) is 11.8 Å². The molecule has 0 unspecified atom stereocenters. The van der Waals surface area contributed by atoms with E-state index in [9.17, 15) is 24.3 Å². The number of carbonyl (C=O) groups is 4. The molecule has 298 valence electrons. The lowest BCUT2D eigenvalue weighted by Gasteiger charge is -2.42. The summed E-state index contributed by atoms with van der Waals surface area (Å²) < 4.78 is 29.6. The Morgan fingerprint density at radius 2 is 1.87 bits per heavy atom. The summed E-state index contributed by atoms with van der Waals surface area (Å²) in [5.41, 5.74) is 1.44. The number of amides is 3. The van der Waals surface area contributed by atoms with Crippen LogP contribution in [0.25, 0.3) is 11.1 Å². The van der Waals surface area contributed by atoms with Gasteiger partial charge in [-0.25, -0.2) is 4.79 Å². The van der Waals surface area contributed by atoms with Crippen molar-refractivity contribution in [3.63, 3.8) is 0 Å². The van der Waals surface area contributed by atoms with Crippen molar-refractivity contribution in [3.05, 3.63) is 65.8 Å². The molecule has 2 aromatic carbocycles. The van der Waals surface area contributed by atoms with Crippen LogP contribution in [0.5, 0.6) is 5.75 Å². The van der Waals surface area contributed by atoms with Crippen LogP contribution in [0.4, 0.5) is 16.2 Å². The van der Waals surface area contributed by atoms with E-state index in [1.807, 2.05) is 44.2 Å². The highest BCUT2D eigenvalue weighted by molar-refractivity contribution is 7.80. The van der Waals surface area contributed by atoms with Gasteiger partial charge in [0.25, 0.3) is 0 Å². The molecule has 0 spiro atoms. The second-order valence-corrected chi connectivity index (χ2v) is 15.5. The smallest absolute Gasteiger partial charge is 0.409 e. The van der Waals surface area contributed by atoms with Crippen molar-refractivity contribution in [1.29, 1.82) is 0 Å². The lowest BCUT2D eigenvalue weighted by Crippen LogP contribution is -2.63. The highest BCUT2D eigenvalue weighted by Crippen LogP contribution is 2.49. The van der Waals surface area contributed by atoms with Crippen LogP contribution >= 0.6 is 12.6 Å². The summed E-state index contributed by atoms with van der Waals surface area (Å²) in [5.74, 6) is -0.993. The average Bonchev–Trinajstić information content (AvgIpc) is 3.83. The standard InChI is InChI=1S/C41H53N3O10S/c1-23(2)38(47)53-33-21-35(46)44(6)29-19-26(20-30(50-7)36(29)27-12-14-28(15-13-27)42-34(45)16-17-55)18-24(3)10-9-11-32(51-8)41(49)22-31(52-39(48)43-41)25(4)37-40(33,5)54-37/h9-15,19-20,23,25,31-33,37,49,55H,16-18,21-22H2,1-8H3,(H,42,45)(H,43,48)/b11-9+,24-10+/t25-,31+,32-,33+,37+,40+,41+/m1/s1. The quantitative estimate of drug-likeness (QED) is 0.151. The van der Waals surface area contributed by atoms with E-state index in [-0.39, 0.29) is 31.1 Å². The number of aliphatic hydroxyl groups is 1. The molecular formula is C41H53N3O10S. The maximum atomic E-state index is 14.5. The summed E-state index contributed by atoms with van der Waals surface area (Å²) in [7, 11) is 4.68. The van der Waals surface area contributed by atoms with Crippen LogP contribution in [0.15, 0.2) is 60.2 Å². The molecular weight excluding hydrogens is 727 g/mol. The molecule has 2 aromatic rings. The maximum Gasteiger partial charge on any atom is 0.409 e. The van der Waals surface area contributed by atoms with Gasteiger partial charge in [-0.3, -0.25) is 19.7 Å². The number of ether oxygens (including phenoxy) is 5. The molecule has 13 nitrogen and oxygen atoms in total. The summed E-state index contributed by atoms with van der Waals surface area (Å²) in [6.07, 6.45) is 1.72. The third-order valence-electron chi connectivity index (χ3n) is 10.5. The number of allylic oxidation sites excluding steroid dienone is 3. The van der Waals surface area contributed by atoms with Gasteiger partial charge >= 0.3 is 12.1 Å². The molecule has 0 aromatic heterocycles. The second kappa shape index (κ2) is 17.2. The molecule has 0 aliphatic carbocycles. The van der Waals surface area contributed by atoms with Gasteiger partial charge in [-0.2, -0.15) is 12.6 Å². The first-order valence-electron chi connectivity index (χ1n) is 18.5. The van der Waals surface area contributed by atoms with Crippen LogP contribution in [0.1, 0.15) is 59.4 Å². The van der Waals surface area contributed by atoms with Crippen LogP contribution < -0.4 is 20.3 Å². The number of esters is 1. The Kier molecular flexibility index (Phi) is 13.1. The van der Waals surface area contributed by atoms with Gasteiger partial charge in [-0.1, -0.05) is 56.7 Å². The number of nitrogens with one attached hydrogen (secondary N) is 2. The summed E-state index contributed by atoms with van der Waals surface area (Å²) in [4.78, 5) is 54.2. The fourth-order valence-electron chi connectivity index (χ4n) is 7.27. The number of nitrogens with zero attached hydrogens (tertiary/aromatic N) is 1. The van der Waals surface area contributed by atoms with Gasteiger partial charge < -0.3 is 39.0 Å². The second-order valence-electron chi connectivity index (χ2n) is 15.0. The SMILES string of the molecule is COc1cc2cc(c1-c1ccc(NC(=O)CCS)cc1)N(C)C(=O)C[C@H](OC(=O)C(C)C)[C@]1(C)O[C@H]1[C@H](C)[C@@H]1C[C@@](O)(NC(=O)O1)[C@H](OC)/C=C/C=C(\C)C2. The Labute approximate surface area is 328 Å². The number of epoxide rings is 1. The van der Waals surface area contributed by atoms with Crippen molar-refractivity contribution in [1.82, 2.24) is 5.32 Å². The number of alkyl carbamates (subject to hydrolysis) is 1. The zero-order valence-electron chi connectivity index (χ0n) is 32.7. The van der Waals surface area contributed by atoms with Gasteiger partial charge in [-0.05, 0) is 61.4 Å². The number of hydrogen-bond acceptors (Lipinski definition) is 11. The largest absolute Gasteiger partial charge is 0.496 e. The van der Waals surface area contributed by atoms with Crippen LogP contribution in [-0.4, -0.2) is 91.7 Å². The van der Waals surface area contributed by atoms with E-state index in [1.165, 1.54) is 12.0 Å². The molecule has 0 saturated carbocycles. The molecule has 3 heterocycles. The van der Waals surface area contributed by atoms with E-state index in [0.717, 1.165) is 16.7 Å². The lowest BCUT2D eigenvalue weighted by molar-refractivity contribution is -0.157. The molecule has 5 rings (SSSR count). The van der Waals surface area contributed by atoms with Crippen molar-refractivity contribution < 1.29 is 48.0 Å². The minimum absolute atomic E-state index is 0.0169. The van der Waals surface area contributed by atoms with Crippen LogP contribution in [0.3, 0.4) is 0 Å². The number of rotatable bonds is 8. The first-order valence-corrected chi connectivity index (χ1v) is 19.1. The molecule has 3 N–H and O–H groups in total. The normalized spacial score (nSPS) is 29.9. The molecule has 0 radical (unpaired) electrons. The highest BCUT2D eigenvalue weighted by Gasteiger charge is 2.64. The van der Waals surface area contributed by atoms with Gasteiger partial charge in [0, 0.05) is 44.2 Å². The summed E-state index contributed by atoms with van der Waals surface area (Å²) in [6, 6.07) is 11.1. The monoisotopic (exact) mass is 779 g/mol. The van der Waals surface area contributed by atoms with E-state index in [1.54, 1.807) is 59.2 Å². The molecule has 7 atom stereocenters. The van der Waals surface area contributed by atoms with E-state index in [4.69, 9.17) is 23.7 Å². The predicted molar refractivity (Wildman–Crippen MR) is 211 cm³/mol. The maximum absolute atomic E-state index is 14.5. The molecule has 3 aliphatic heterocycles. The van der Waals surface area contributed by atoms with E-state index >= 15 is 0 Å². The van der Waals surface area contributed by atoms with Gasteiger partial charge in [0.2, 0.25) is 11.8 Å². The van der Waals surface area contributed by atoms with Crippen molar-refractivity contribution in [2.75, 3.05) is 37.2 Å². The number of thiol groups is 1. The summed E-state index contributed by atoms with van der Waals surface area (Å²) in [5, 5.41) is 17.1. The third-order valence-corrected chi connectivity index (χ3v) is 10.8. The Bertz CT molecular complexity index is 1830. The zero-order chi connectivity index (χ0) is 40.2. The number of methoxy groups -OCH3 is 2. The van der Waals surface area contributed by atoms with Gasteiger partial charge in [0.1, 0.15) is 29.7 Å². The Hall–Kier alpha value is -4.37. The van der Waals surface area contributed by atoms with Crippen molar-refractivity contribution in [3.8, 4) is 16.9 Å². The Morgan fingerprint density at radius 3 is 2.51 bits per heavy atom. The molecule has 14 heteroatoms. The minimum Gasteiger partial charge on any atom is -0.496 e. The third kappa shape index (κ3) is 9.37. The number of hydrogen-bond donors (Lipinski definition) is 4. The number of anilines is 2. The van der Waals surface area contributed by atoms with E-state index in [2.05, 4.69) is 23.3 Å². The first-order chi connectivity index (χ1) is 26.0. The molecule has 2 fully saturated rings. The fourth-order valence-corrected chi connectivity index (χ4v) is 7.47. The van der Waals surface area contributed by atoms with Gasteiger partial charge in [0.15, 0.2) is 5.72 Å². The van der Waals surface area contributed by atoms with Crippen molar-refractivity contribution in [2.45, 2.75) is 96.0 Å². The van der Waals surface area contributed by atoms with Crippen LogP contribution in [0.2, 0.25) is 0 Å². The highest BCUT2D eigenvalue weighted by atomic mass is 32.1. The van der Waals surface area contributed by atoms with Crippen molar-refractivity contribution >= 4 is 47.9 Å². The van der Waals surface area contributed by atoms with Gasteiger partial charge in [0.05, 0.1) is 31.2 Å². The van der Waals surface area contributed by atoms with E-state index < -0.39 is 59.6 Å². The fraction of sp³-hybridized carbons (Fsp3) is 0.512. The predicted octanol–water partition coefficient (Wildman–Crippen LogP) is 5.60. The molecule has 2 saturated heterocycles. The summed E-state index contributed by atoms with van der Waals surface area (Å²) in [6.45, 7) is 8.99. The van der Waals surface area contributed by atoms with Gasteiger partial charge in [-0.15, -0.1) is 0 Å². The Morgan fingerprint density at radius 1 is 1.16 bits per heavy atom. The lowest BCUT2D eigenvalue weighted by atomic mass is 9.83. The van der Waals surface area contributed by atoms with Crippen LogP contribution in [-0.2, 0) is 39.8 Å². The molecule has 3 amide bonds. The first kappa shape index (κ1) is 41.8. The summed E-state index contributed by atoms with van der Waals surface area (Å²) >= 11 is 4.14. The molecule has 55 heavy (non-hydrogen) atoms. The average molecular weight is 780 g/mol. The molecule has 3 aliphatic rings. The van der Waals surface area contributed by atoms with E-state index in [0.29, 0.717) is 34.9 Å². The number of fused-ring (bicyclic) bond motifs is 5. The zero-order valence-corrected chi connectivity index (χ0v) is 33.6. The number of benzene rings is 2. The van der Waals surface area contributed by atoms with Crippen molar-refractivity contribution in [2.24, 2.45) is 11.8 Å². The number of carbonyl (C=O) groups excluding carboxylic acids is 4. The Balaban J connectivity index is 1.62. The minimum atomic E-state index is -1.80. The topological polar surface area (TPSA) is 165 Å². The molecule has 4 bridgehead atoms.